The van der Waals surface area contributed by atoms with Crippen molar-refractivity contribution in [2.75, 3.05) is 134 Å². The number of nitrogens with zero attached hydrogens (tertiary/aromatic N) is 6. The molecule has 0 bridgehead atoms. The number of likely N-dealkylation sites (N-methyl/N-ethyl adjacent to an activating group) is 2. The van der Waals surface area contributed by atoms with E-state index in [9.17, 15) is 29.1 Å². The monoisotopic (exact) mass is 996 g/mol. The van der Waals surface area contributed by atoms with Crippen LogP contribution in [-0.4, -0.2) is 169 Å². The lowest BCUT2D eigenvalue weighted by atomic mass is 9.80. The smallest absolute Gasteiger partial charge is 0.261 e. The van der Waals surface area contributed by atoms with Gasteiger partial charge in [-0.05, 0) is 71.8 Å². The highest BCUT2D eigenvalue weighted by Crippen LogP contribution is 2.40. The first kappa shape index (κ1) is 48.5. The summed E-state index contributed by atoms with van der Waals surface area (Å²) in [4.78, 5) is 76.9. The number of allylic oxidation sites excluding steroid dienone is 7. The van der Waals surface area contributed by atoms with Crippen LogP contribution >= 0.6 is 0 Å². The lowest BCUT2D eigenvalue weighted by Crippen LogP contribution is -2.42. The van der Waals surface area contributed by atoms with Crippen LogP contribution in [0.25, 0.3) is 27.1 Å². The van der Waals surface area contributed by atoms with E-state index in [2.05, 4.69) is 9.80 Å². The van der Waals surface area contributed by atoms with Crippen LogP contribution in [-0.2, 0) is 23.7 Å². The molecule has 4 amide bonds. The molecule has 16 heteroatoms. The third-order valence-corrected chi connectivity index (χ3v) is 14.8. The fourth-order valence-corrected chi connectivity index (χ4v) is 10.7. The molecule has 74 heavy (non-hydrogen) atoms. The third-order valence-electron chi connectivity index (χ3n) is 14.8. The molecule has 0 spiro atoms. The van der Waals surface area contributed by atoms with Crippen LogP contribution in [0.1, 0.15) is 47.0 Å². The zero-order valence-electron chi connectivity index (χ0n) is 41.5. The average Bonchev–Trinajstić information content (AvgIpc) is 3.43. The molecule has 4 heterocycles. The minimum atomic E-state index is -0.328. The van der Waals surface area contributed by atoms with E-state index < -0.39 is 0 Å². The number of Topliss-reactive ketones (excluding diaryl/α,β-unsaturated/α-hetero) is 1. The van der Waals surface area contributed by atoms with E-state index in [4.69, 9.17) is 18.9 Å². The quantitative estimate of drug-likeness (QED) is 0.0569. The lowest BCUT2D eigenvalue weighted by molar-refractivity contribution is -0.499. The molecule has 0 atom stereocenters. The first-order valence-corrected chi connectivity index (χ1v) is 25.2. The van der Waals surface area contributed by atoms with Gasteiger partial charge in [-0.1, -0.05) is 42.2 Å². The summed E-state index contributed by atoms with van der Waals surface area (Å²) in [6, 6.07) is 26.1. The lowest BCUT2D eigenvalue weighted by Gasteiger charge is -2.32. The summed E-state index contributed by atoms with van der Waals surface area (Å²) >= 11 is 0. The van der Waals surface area contributed by atoms with Gasteiger partial charge in [0.2, 0.25) is 0 Å². The number of rotatable bonds is 16. The van der Waals surface area contributed by atoms with E-state index in [0.29, 0.717) is 96.9 Å². The van der Waals surface area contributed by atoms with Crippen molar-refractivity contribution >= 4 is 79.3 Å². The van der Waals surface area contributed by atoms with Gasteiger partial charge in [-0.3, -0.25) is 33.8 Å². The first-order chi connectivity index (χ1) is 36.1. The minimum absolute atomic E-state index is 0.122. The maximum atomic E-state index is 13.6. The van der Waals surface area contributed by atoms with E-state index in [1.54, 1.807) is 36.4 Å². The van der Waals surface area contributed by atoms with Crippen LogP contribution in [0.3, 0.4) is 0 Å². The highest BCUT2D eigenvalue weighted by Gasteiger charge is 2.36. The van der Waals surface area contributed by atoms with Crippen LogP contribution < -0.4 is 19.8 Å². The summed E-state index contributed by atoms with van der Waals surface area (Å²) in [5.41, 5.74) is 7.18. The van der Waals surface area contributed by atoms with E-state index >= 15 is 0 Å². The third kappa shape index (κ3) is 8.86. The van der Waals surface area contributed by atoms with Gasteiger partial charge in [0.1, 0.15) is 13.7 Å². The molecule has 5 aromatic rings. The zero-order chi connectivity index (χ0) is 51.0. The maximum Gasteiger partial charge on any atom is 0.261 e. The van der Waals surface area contributed by atoms with Crippen molar-refractivity contribution < 1.29 is 52.6 Å². The van der Waals surface area contributed by atoms with Gasteiger partial charge in [-0.15, -0.1) is 0 Å². The Labute approximate surface area is 428 Å². The van der Waals surface area contributed by atoms with Crippen molar-refractivity contribution in [2.24, 2.45) is 0 Å². The molecule has 2 saturated heterocycles. The van der Waals surface area contributed by atoms with E-state index in [1.165, 1.54) is 9.80 Å². The number of ketones is 1. The van der Waals surface area contributed by atoms with Crippen molar-refractivity contribution in [1.29, 1.82) is 0 Å². The fraction of sp³-hybridized carbons (Fsp3) is 0.310. The SMILES string of the molecule is CN(CCOCCN1C(=O)c2cccc3c(N4CCOCC4)ccc(c23)C1=O)c1ccc(C2=C([O-])C(=C3C=CC(=[N+](C)CCOCCN4C(=O)c5cccc6c(N7CCOCC7)ccc(c56)C4=O)C=C3)C2=O)cc1. The van der Waals surface area contributed by atoms with Crippen LogP contribution in [0.2, 0.25) is 0 Å². The van der Waals surface area contributed by atoms with Gasteiger partial charge >= 0.3 is 0 Å². The number of amides is 4. The molecule has 2 aliphatic carbocycles. The molecule has 11 rings (SSSR count). The largest absolute Gasteiger partial charge is 0.871 e. The van der Waals surface area contributed by atoms with E-state index in [-0.39, 0.29) is 72.6 Å². The van der Waals surface area contributed by atoms with Crippen LogP contribution in [0, 0.1) is 0 Å². The van der Waals surface area contributed by atoms with E-state index in [0.717, 1.165) is 59.7 Å². The normalized spacial score (nSPS) is 17.7. The summed E-state index contributed by atoms with van der Waals surface area (Å²) in [5.74, 6) is -1.91. The van der Waals surface area contributed by atoms with Gasteiger partial charge in [0.15, 0.2) is 18.0 Å². The standard InChI is InChI=1S/C58H56N6O10/c1-59(21-29-71-35-27-63-55(67)43-7-3-5-41-47(61-23-31-73-32-24-61)19-17-45(51(41)43)57(63)69)39-13-9-37(10-14-39)49-53(65)50(54(49)66)38-11-15-40(16-12-38)60(2)22-30-72-36-28-64-56(68)44-8-4-6-42-48(62-25-33-74-34-26-62)20-18-46(52(42)44)58(64)70/h3-20H,21-36H2,1-2H3. The Bertz CT molecular complexity index is 3240. The summed E-state index contributed by atoms with van der Waals surface area (Å²) in [6.07, 6.45) is 7.26. The Morgan fingerprint density at radius 2 is 1.07 bits per heavy atom. The number of ether oxygens (including phenoxy) is 4. The highest BCUT2D eigenvalue weighted by molar-refractivity contribution is 6.39. The van der Waals surface area contributed by atoms with Crippen molar-refractivity contribution in [2.45, 2.75) is 0 Å². The Morgan fingerprint density at radius 3 is 1.57 bits per heavy atom. The molecule has 0 aromatic heterocycles. The first-order valence-electron chi connectivity index (χ1n) is 25.2. The molecular weight excluding hydrogens is 941 g/mol. The van der Waals surface area contributed by atoms with Crippen LogP contribution in [0.15, 0.2) is 126 Å². The molecule has 6 aliphatic rings. The molecule has 0 N–H and O–H groups in total. The highest BCUT2D eigenvalue weighted by atomic mass is 16.5. The second-order valence-electron chi connectivity index (χ2n) is 19.0. The summed E-state index contributed by atoms with van der Waals surface area (Å²) in [5, 5.41) is 16.6. The second kappa shape index (κ2) is 20.6. The van der Waals surface area contributed by atoms with Gasteiger partial charge in [-0.2, -0.15) is 0 Å². The van der Waals surface area contributed by atoms with Crippen molar-refractivity contribution in [3.8, 4) is 0 Å². The van der Waals surface area contributed by atoms with Gasteiger partial charge in [-0.25, -0.2) is 4.58 Å². The fourth-order valence-electron chi connectivity index (χ4n) is 10.7. The molecule has 0 unspecified atom stereocenters. The van der Waals surface area contributed by atoms with Crippen molar-refractivity contribution in [1.82, 2.24) is 9.80 Å². The molecule has 2 fully saturated rings. The minimum Gasteiger partial charge on any atom is -0.871 e. The Hall–Kier alpha value is -7.76. The molecule has 5 aromatic carbocycles. The number of morpholine rings is 2. The topological polar surface area (TPSA) is 165 Å². The van der Waals surface area contributed by atoms with Crippen molar-refractivity contribution in [3.05, 3.63) is 154 Å². The van der Waals surface area contributed by atoms with Gasteiger partial charge in [0.05, 0.1) is 59.3 Å². The maximum absolute atomic E-state index is 13.6. The van der Waals surface area contributed by atoms with E-state index in [1.807, 2.05) is 96.4 Å². The Kier molecular flexibility index (Phi) is 13.5. The van der Waals surface area contributed by atoms with Gasteiger partial charge in [0, 0.05) is 124 Å². The Morgan fingerprint density at radius 1 is 0.581 bits per heavy atom. The van der Waals surface area contributed by atoms with Crippen LogP contribution in [0.4, 0.5) is 17.1 Å². The predicted molar refractivity (Wildman–Crippen MR) is 279 cm³/mol. The number of imide groups is 2. The number of hydrogen-bond acceptors (Lipinski definition) is 13. The van der Waals surface area contributed by atoms with Gasteiger partial charge in [0.25, 0.3) is 23.6 Å². The molecule has 0 saturated carbocycles. The number of carbonyl (C=O) groups is 5. The van der Waals surface area contributed by atoms with Crippen molar-refractivity contribution in [3.63, 3.8) is 0 Å². The van der Waals surface area contributed by atoms with Crippen LogP contribution in [0.5, 0.6) is 0 Å². The molecule has 4 aliphatic heterocycles. The van der Waals surface area contributed by atoms with Gasteiger partial charge < -0.3 is 38.8 Å². The number of carbonyl (C=O) groups excluding carboxylic acids is 5. The number of hydrogen-bond donors (Lipinski definition) is 0. The predicted octanol–water partition coefficient (Wildman–Crippen LogP) is 4.89. The molecule has 0 radical (unpaired) electrons. The molecule has 16 nitrogen and oxygen atoms in total. The second-order valence-corrected chi connectivity index (χ2v) is 19.0. The summed E-state index contributed by atoms with van der Waals surface area (Å²) in [7, 11) is 3.82. The number of benzene rings is 5. The summed E-state index contributed by atoms with van der Waals surface area (Å²) in [6.45, 7) is 7.84. The molecule has 378 valence electrons. The molecular formula is C58H56N6O10. The summed E-state index contributed by atoms with van der Waals surface area (Å²) < 4.78 is 24.9. The Balaban J connectivity index is 0.635. The number of anilines is 3. The zero-order valence-corrected chi connectivity index (χ0v) is 41.5. The average molecular weight is 997 g/mol.